The highest BCUT2D eigenvalue weighted by Crippen LogP contribution is 2.30. The lowest BCUT2D eigenvalue weighted by Crippen LogP contribution is -2.30. The molecule has 1 aromatic carbocycles. The normalized spacial score (nSPS) is 15.2. The van der Waals surface area contributed by atoms with Crippen molar-refractivity contribution in [3.63, 3.8) is 0 Å². The van der Waals surface area contributed by atoms with Crippen molar-refractivity contribution in [1.29, 1.82) is 0 Å². The maximum atomic E-state index is 12.0. The first-order chi connectivity index (χ1) is 10.2. The number of fused-ring (bicyclic) bond motifs is 1. The first kappa shape index (κ1) is 15.5. The smallest absolute Gasteiger partial charge is 0.347 e. The molecule has 0 saturated heterocycles. The Hall–Kier alpha value is -1.84. The van der Waals surface area contributed by atoms with E-state index >= 15 is 0 Å². The molecule has 0 saturated carbocycles. The fourth-order valence-corrected chi connectivity index (χ4v) is 2.63. The van der Waals surface area contributed by atoms with Crippen LogP contribution in [0.3, 0.4) is 0 Å². The summed E-state index contributed by atoms with van der Waals surface area (Å²) >= 11 is 0. The Balaban J connectivity index is 2.23. The van der Waals surface area contributed by atoms with Crippen molar-refractivity contribution in [2.75, 3.05) is 6.61 Å². The molecule has 2 rings (SSSR count). The summed E-state index contributed by atoms with van der Waals surface area (Å²) in [4.78, 5) is 23.9. The molecule has 0 amide bonds. The Kier molecular flexibility index (Phi) is 5.37. The van der Waals surface area contributed by atoms with Crippen LogP contribution in [0.2, 0.25) is 0 Å². The van der Waals surface area contributed by atoms with E-state index in [1.807, 2.05) is 25.1 Å². The lowest BCUT2D eigenvalue weighted by atomic mass is 9.90. The summed E-state index contributed by atoms with van der Waals surface area (Å²) in [6.45, 7) is 4.12. The zero-order valence-corrected chi connectivity index (χ0v) is 12.7. The number of benzene rings is 1. The van der Waals surface area contributed by atoms with E-state index in [-0.39, 0.29) is 11.8 Å². The van der Waals surface area contributed by atoms with Crippen LogP contribution in [-0.4, -0.2) is 24.5 Å². The molecule has 1 atom stereocenters. The number of hydrogen-bond acceptors (Lipinski definition) is 4. The number of ether oxygens (including phenoxy) is 2. The van der Waals surface area contributed by atoms with Crippen LogP contribution in [-0.2, 0) is 16.0 Å². The van der Waals surface area contributed by atoms with Gasteiger partial charge in [0.1, 0.15) is 5.75 Å². The summed E-state index contributed by atoms with van der Waals surface area (Å²) < 4.78 is 11.0. The molecule has 1 aliphatic carbocycles. The molecule has 1 aromatic rings. The highest BCUT2D eigenvalue weighted by Gasteiger charge is 2.25. The van der Waals surface area contributed by atoms with Crippen molar-refractivity contribution in [2.24, 2.45) is 0 Å². The summed E-state index contributed by atoms with van der Waals surface area (Å²) in [5.74, 6) is 0.469. The van der Waals surface area contributed by atoms with E-state index in [0.29, 0.717) is 25.2 Å². The molecule has 0 N–H and O–H groups in total. The minimum Gasteiger partial charge on any atom is -0.478 e. The van der Waals surface area contributed by atoms with Crippen LogP contribution < -0.4 is 4.74 Å². The van der Waals surface area contributed by atoms with Crippen molar-refractivity contribution in [1.82, 2.24) is 0 Å². The topological polar surface area (TPSA) is 52.6 Å². The number of carbonyl (C=O) groups is 2. The summed E-state index contributed by atoms with van der Waals surface area (Å²) in [6, 6.07) is 5.48. The van der Waals surface area contributed by atoms with Gasteiger partial charge >= 0.3 is 5.97 Å². The van der Waals surface area contributed by atoms with Gasteiger partial charge in [0, 0.05) is 17.5 Å². The van der Waals surface area contributed by atoms with E-state index in [1.165, 1.54) is 0 Å². The zero-order valence-electron chi connectivity index (χ0n) is 12.7. The highest BCUT2D eigenvalue weighted by molar-refractivity contribution is 5.99. The summed E-state index contributed by atoms with van der Waals surface area (Å²) in [5, 5.41) is 0. The van der Waals surface area contributed by atoms with E-state index < -0.39 is 6.10 Å². The van der Waals surface area contributed by atoms with Crippen molar-refractivity contribution in [3.05, 3.63) is 29.3 Å². The molecule has 0 aliphatic heterocycles. The molecular formula is C17H22O4. The van der Waals surface area contributed by atoms with Gasteiger partial charge in [0.05, 0.1) is 6.61 Å². The number of hydrogen-bond donors (Lipinski definition) is 0. The van der Waals surface area contributed by atoms with Crippen LogP contribution in [0.25, 0.3) is 0 Å². The first-order valence-corrected chi connectivity index (χ1v) is 7.65. The van der Waals surface area contributed by atoms with Crippen LogP contribution in [0.4, 0.5) is 0 Å². The number of esters is 1. The minimum absolute atomic E-state index is 0.157. The molecule has 0 radical (unpaired) electrons. The van der Waals surface area contributed by atoms with Gasteiger partial charge in [-0.15, -0.1) is 0 Å². The van der Waals surface area contributed by atoms with Crippen LogP contribution >= 0.6 is 0 Å². The summed E-state index contributed by atoms with van der Waals surface area (Å²) in [6.07, 6.45) is 3.09. The molecule has 0 fully saturated rings. The van der Waals surface area contributed by atoms with E-state index in [2.05, 4.69) is 0 Å². The maximum Gasteiger partial charge on any atom is 0.347 e. The van der Waals surface area contributed by atoms with Crippen molar-refractivity contribution in [3.8, 4) is 5.75 Å². The quantitative estimate of drug-likeness (QED) is 0.754. The van der Waals surface area contributed by atoms with Crippen molar-refractivity contribution < 1.29 is 19.1 Å². The Labute approximate surface area is 125 Å². The van der Waals surface area contributed by atoms with Gasteiger partial charge in [0.25, 0.3) is 0 Å². The van der Waals surface area contributed by atoms with Gasteiger partial charge in [-0.3, -0.25) is 4.79 Å². The molecule has 0 heterocycles. The van der Waals surface area contributed by atoms with Crippen LogP contribution in [0, 0.1) is 0 Å². The number of rotatable bonds is 6. The number of ketones is 1. The Morgan fingerprint density at radius 2 is 2.10 bits per heavy atom. The van der Waals surface area contributed by atoms with Gasteiger partial charge in [0.2, 0.25) is 0 Å². The first-order valence-electron chi connectivity index (χ1n) is 7.65. The maximum absolute atomic E-state index is 12.0. The average molecular weight is 290 g/mol. The van der Waals surface area contributed by atoms with E-state index in [4.69, 9.17) is 9.47 Å². The fourth-order valence-electron chi connectivity index (χ4n) is 2.63. The predicted molar refractivity (Wildman–Crippen MR) is 79.7 cm³/mol. The monoisotopic (exact) mass is 290 g/mol. The average Bonchev–Trinajstić information content (AvgIpc) is 2.48. The van der Waals surface area contributed by atoms with Gasteiger partial charge in [0.15, 0.2) is 11.9 Å². The van der Waals surface area contributed by atoms with Crippen molar-refractivity contribution >= 4 is 11.8 Å². The Morgan fingerprint density at radius 3 is 2.81 bits per heavy atom. The lowest BCUT2D eigenvalue weighted by molar-refractivity contribution is -0.151. The molecule has 4 nitrogen and oxygen atoms in total. The molecule has 1 unspecified atom stereocenters. The molecule has 1 aliphatic rings. The molecule has 4 heteroatoms. The summed E-state index contributed by atoms with van der Waals surface area (Å²) in [7, 11) is 0. The van der Waals surface area contributed by atoms with E-state index in [0.717, 1.165) is 30.4 Å². The molecule has 0 bridgehead atoms. The zero-order chi connectivity index (χ0) is 15.2. The Bertz CT molecular complexity index is 522. The summed E-state index contributed by atoms with van der Waals surface area (Å²) in [5.41, 5.74) is 1.66. The lowest BCUT2D eigenvalue weighted by Gasteiger charge is -2.22. The highest BCUT2D eigenvalue weighted by atomic mass is 16.6. The van der Waals surface area contributed by atoms with E-state index in [9.17, 15) is 9.59 Å². The Morgan fingerprint density at radius 1 is 1.29 bits per heavy atom. The largest absolute Gasteiger partial charge is 0.478 e. The number of carbonyl (C=O) groups excluding carboxylic acids is 2. The second-order valence-electron chi connectivity index (χ2n) is 5.21. The molecule has 21 heavy (non-hydrogen) atoms. The van der Waals surface area contributed by atoms with Crippen LogP contribution in [0.15, 0.2) is 18.2 Å². The van der Waals surface area contributed by atoms with Crippen molar-refractivity contribution in [2.45, 2.75) is 52.1 Å². The SMILES string of the molecule is CCCC(Oc1cccc2c1CCCC2=O)C(=O)OCC. The van der Waals surface area contributed by atoms with Gasteiger partial charge in [-0.2, -0.15) is 0 Å². The standard InChI is InChI=1S/C17H22O4/c1-3-7-16(17(19)20-4-2)21-15-11-6-8-12-13(15)9-5-10-14(12)18/h6,8,11,16H,3-5,7,9-10H2,1-2H3. The molecule has 0 aromatic heterocycles. The van der Waals surface area contributed by atoms with E-state index in [1.54, 1.807) is 6.92 Å². The third-order valence-electron chi connectivity index (χ3n) is 3.63. The fraction of sp³-hybridized carbons (Fsp3) is 0.529. The van der Waals surface area contributed by atoms with Gasteiger partial charge in [-0.05, 0) is 32.3 Å². The number of Topliss-reactive ketones (excluding diaryl/α,β-unsaturated/α-hetero) is 1. The van der Waals surface area contributed by atoms with Crippen LogP contribution in [0.1, 0.15) is 55.5 Å². The van der Waals surface area contributed by atoms with Gasteiger partial charge in [-0.1, -0.05) is 25.5 Å². The second-order valence-corrected chi connectivity index (χ2v) is 5.21. The predicted octanol–water partition coefficient (Wildman–Crippen LogP) is 3.32. The second kappa shape index (κ2) is 7.25. The minimum atomic E-state index is -0.599. The molecule has 0 spiro atoms. The molecule has 114 valence electrons. The van der Waals surface area contributed by atoms with Gasteiger partial charge < -0.3 is 9.47 Å². The third kappa shape index (κ3) is 3.63. The molecular weight excluding hydrogens is 268 g/mol. The third-order valence-corrected chi connectivity index (χ3v) is 3.63. The van der Waals surface area contributed by atoms with Crippen LogP contribution in [0.5, 0.6) is 5.75 Å². The van der Waals surface area contributed by atoms with Gasteiger partial charge in [-0.25, -0.2) is 4.79 Å².